The van der Waals surface area contributed by atoms with E-state index in [0.717, 1.165) is 5.56 Å². The number of rotatable bonds is 4. The Bertz CT molecular complexity index is 656. The Balaban J connectivity index is 2.26. The summed E-state index contributed by atoms with van der Waals surface area (Å²) in [7, 11) is 0. The van der Waals surface area contributed by atoms with Gasteiger partial charge in [-0.1, -0.05) is 23.2 Å². The van der Waals surface area contributed by atoms with Gasteiger partial charge in [-0.25, -0.2) is 4.79 Å². The minimum absolute atomic E-state index is 0.0203. The number of benzene rings is 1. The Morgan fingerprint density at radius 2 is 1.90 bits per heavy atom. The van der Waals surface area contributed by atoms with Crippen LogP contribution in [0.15, 0.2) is 29.0 Å². The smallest absolute Gasteiger partial charge is 0.339 e. The van der Waals surface area contributed by atoms with Gasteiger partial charge in [0, 0.05) is 0 Å². The van der Waals surface area contributed by atoms with Crippen molar-refractivity contribution in [2.75, 3.05) is 5.32 Å². The number of carboxylic acid groups (broad SMARTS) is 1. The summed E-state index contributed by atoms with van der Waals surface area (Å²) in [5, 5.41) is 15.5. The maximum atomic E-state index is 11.9. The fourth-order valence-corrected chi connectivity index (χ4v) is 2.76. The van der Waals surface area contributed by atoms with Gasteiger partial charge in [-0.2, -0.15) is 11.3 Å². The molecule has 4 nitrogen and oxygen atoms in total. The van der Waals surface area contributed by atoms with Crippen LogP contribution in [0.25, 0.3) is 0 Å². The van der Waals surface area contributed by atoms with Crippen LogP contribution in [0.2, 0.25) is 10.0 Å². The fourth-order valence-electron chi connectivity index (χ4n) is 1.65. The minimum atomic E-state index is -1.25. The number of halogens is 2. The van der Waals surface area contributed by atoms with Crippen molar-refractivity contribution >= 4 is 52.1 Å². The highest BCUT2D eigenvalue weighted by molar-refractivity contribution is 7.08. The molecule has 0 fully saturated rings. The van der Waals surface area contributed by atoms with Crippen LogP contribution in [0.1, 0.15) is 15.9 Å². The number of hydrogen-bond donors (Lipinski definition) is 2. The Morgan fingerprint density at radius 1 is 1.20 bits per heavy atom. The number of anilines is 1. The van der Waals surface area contributed by atoms with Gasteiger partial charge < -0.3 is 10.4 Å². The molecule has 2 aromatic rings. The number of carbonyl (C=O) groups is 2. The van der Waals surface area contributed by atoms with E-state index >= 15 is 0 Å². The lowest BCUT2D eigenvalue weighted by molar-refractivity contribution is -0.115. The molecular formula is C13H9Cl2NO3S. The molecule has 1 aromatic carbocycles. The van der Waals surface area contributed by atoms with Crippen molar-refractivity contribution in [1.29, 1.82) is 0 Å². The van der Waals surface area contributed by atoms with Crippen molar-refractivity contribution in [3.63, 3.8) is 0 Å². The molecule has 2 rings (SSSR count). The van der Waals surface area contributed by atoms with Gasteiger partial charge in [-0.15, -0.1) is 0 Å². The van der Waals surface area contributed by atoms with E-state index in [4.69, 9.17) is 28.3 Å². The van der Waals surface area contributed by atoms with E-state index in [-0.39, 0.29) is 33.6 Å². The van der Waals surface area contributed by atoms with Crippen LogP contribution < -0.4 is 5.32 Å². The van der Waals surface area contributed by atoms with Crippen LogP contribution in [0.5, 0.6) is 0 Å². The maximum Gasteiger partial charge on any atom is 0.339 e. The molecule has 1 aromatic heterocycles. The summed E-state index contributed by atoms with van der Waals surface area (Å²) < 4.78 is 0. The third-order valence-electron chi connectivity index (χ3n) is 2.53. The molecule has 104 valence electrons. The Labute approximate surface area is 128 Å². The molecule has 1 amide bonds. The first-order valence-electron chi connectivity index (χ1n) is 5.51. The third kappa shape index (κ3) is 3.30. The second-order valence-corrected chi connectivity index (χ2v) is 5.54. The summed E-state index contributed by atoms with van der Waals surface area (Å²) in [6.45, 7) is 0. The van der Waals surface area contributed by atoms with E-state index in [1.54, 1.807) is 0 Å². The molecule has 0 aliphatic heterocycles. The van der Waals surface area contributed by atoms with Crippen LogP contribution in [-0.2, 0) is 11.2 Å². The number of thiophene rings is 1. The van der Waals surface area contributed by atoms with E-state index in [1.807, 2.05) is 16.8 Å². The normalized spacial score (nSPS) is 10.3. The number of hydrogen-bond acceptors (Lipinski definition) is 3. The lowest BCUT2D eigenvalue weighted by Crippen LogP contribution is -2.17. The number of aromatic carboxylic acids is 1. The van der Waals surface area contributed by atoms with Crippen molar-refractivity contribution in [3.05, 3.63) is 50.1 Å². The minimum Gasteiger partial charge on any atom is -0.478 e. The monoisotopic (exact) mass is 329 g/mol. The highest BCUT2D eigenvalue weighted by atomic mass is 35.5. The molecule has 0 saturated heterocycles. The first kappa shape index (κ1) is 14.8. The standard InChI is InChI=1S/C13H9Cl2NO3S/c14-8-1-2-9(15)12(11(8)13(18)19)16-10(17)5-7-3-4-20-6-7/h1-4,6H,5H2,(H,16,17)(H,18,19). The molecule has 0 saturated carbocycles. The van der Waals surface area contributed by atoms with Crippen molar-refractivity contribution in [1.82, 2.24) is 0 Å². The largest absolute Gasteiger partial charge is 0.478 e. The van der Waals surface area contributed by atoms with Crippen molar-refractivity contribution in [2.24, 2.45) is 0 Å². The molecule has 0 bridgehead atoms. The maximum absolute atomic E-state index is 11.9. The molecule has 0 aliphatic rings. The summed E-state index contributed by atoms with van der Waals surface area (Å²) >= 11 is 13.3. The molecule has 0 spiro atoms. The second-order valence-electron chi connectivity index (χ2n) is 3.94. The predicted molar refractivity (Wildman–Crippen MR) is 80.1 cm³/mol. The average Bonchev–Trinajstić information content (AvgIpc) is 2.86. The molecule has 0 radical (unpaired) electrons. The molecule has 0 atom stereocenters. The summed E-state index contributed by atoms with van der Waals surface area (Å²) in [5.74, 6) is -1.60. The van der Waals surface area contributed by atoms with E-state index in [9.17, 15) is 9.59 Å². The van der Waals surface area contributed by atoms with Crippen LogP contribution in [0.3, 0.4) is 0 Å². The van der Waals surface area contributed by atoms with Gasteiger partial charge in [0.2, 0.25) is 5.91 Å². The topological polar surface area (TPSA) is 66.4 Å². The van der Waals surface area contributed by atoms with E-state index in [1.165, 1.54) is 23.5 Å². The van der Waals surface area contributed by atoms with Crippen LogP contribution in [0.4, 0.5) is 5.69 Å². The fraction of sp³-hybridized carbons (Fsp3) is 0.0769. The molecule has 0 aliphatic carbocycles. The quantitative estimate of drug-likeness (QED) is 0.892. The SMILES string of the molecule is O=C(Cc1ccsc1)Nc1c(Cl)ccc(Cl)c1C(=O)O. The highest BCUT2D eigenvalue weighted by Gasteiger charge is 2.19. The lowest BCUT2D eigenvalue weighted by Gasteiger charge is -2.11. The van der Waals surface area contributed by atoms with Gasteiger partial charge in [0.15, 0.2) is 0 Å². The summed E-state index contributed by atoms with van der Waals surface area (Å²) in [4.78, 5) is 23.1. The van der Waals surface area contributed by atoms with Crippen molar-refractivity contribution in [3.8, 4) is 0 Å². The zero-order chi connectivity index (χ0) is 14.7. The van der Waals surface area contributed by atoms with Gasteiger partial charge in [-0.05, 0) is 34.5 Å². The van der Waals surface area contributed by atoms with E-state index in [0.29, 0.717) is 0 Å². The summed E-state index contributed by atoms with van der Waals surface area (Å²) in [6, 6.07) is 4.64. The molecule has 1 heterocycles. The molecule has 0 unspecified atom stereocenters. The Kier molecular flexibility index (Phi) is 4.65. The molecular weight excluding hydrogens is 321 g/mol. The van der Waals surface area contributed by atoms with Gasteiger partial charge in [0.05, 0.1) is 22.2 Å². The average molecular weight is 330 g/mol. The highest BCUT2D eigenvalue weighted by Crippen LogP contribution is 2.32. The van der Waals surface area contributed by atoms with Crippen molar-refractivity contribution in [2.45, 2.75) is 6.42 Å². The van der Waals surface area contributed by atoms with Crippen LogP contribution >= 0.6 is 34.5 Å². The number of nitrogens with one attached hydrogen (secondary N) is 1. The number of carbonyl (C=O) groups excluding carboxylic acids is 1. The second kappa shape index (κ2) is 6.26. The number of carboxylic acids is 1. The molecule has 7 heteroatoms. The first-order chi connectivity index (χ1) is 9.49. The van der Waals surface area contributed by atoms with Gasteiger partial charge in [0.1, 0.15) is 5.56 Å². The van der Waals surface area contributed by atoms with E-state index in [2.05, 4.69) is 5.32 Å². The first-order valence-corrected chi connectivity index (χ1v) is 7.21. The van der Waals surface area contributed by atoms with Gasteiger partial charge >= 0.3 is 5.97 Å². The van der Waals surface area contributed by atoms with E-state index < -0.39 is 5.97 Å². The van der Waals surface area contributed by atoms with Gasteiger partial charge in [-0.3, -0.25) is 4.79 Å². The molecule has 2 N–H and O–H groups in total. The predicted octanol–water partition coefficient (Wildman–Crippen LogP) is 3.93. The van der Waals surface area contributed by atoms with Gasteiger partial charge in [0.25, 0.3) is 0 Å². The van der Waals surface area contributed by atoms with Crippen molar-refractivity contribution < 1.29 is 14.7 Å². The number of amides is 1. The van der Waals surface area contributed by atoms with Crippen LogP contribution in [0, 0.1) is 0 Å². The zero-order valence-corrected chi connectivity index (χ0v) is 12.4. The summed E-state index contributed by atoms with van der Waals surface area (Å²) in [5.41, 5.74) is 0.659. The summed E-state index contributed by atoms with van der Waals surface area (Å²) in [6.07, 6.45) is 0.144. The third-order valence-corrected chi connectivity index (χ3v) is 3.89. The molecule has 20 heavy (non-hydrogen) atoms. The lowest BCUT2D eigenvalue weighted by atomic mass is 10.1. The zero-order valence-electron chi connectivity index (χ0n) is 10.0. The Morgan fingerprint density at radius 3 is 2.50 bits per heavy atom. The Hall–Kier alpha value is -1.56. The van der Waals surface area contributed by atoms with Crippen LogP contribution in [-0.4, -0.2) is 17.0 Å².